The lowest BCUT2D eigenvalue weighted by Crippen LogP contribution is -2.33. The van der Waals surface area contributed by atoms with E-state index in [4.69, 9.17) is 5.21 Å². The molecule has 6 nitrogen and oxygen atoms in total. The Kier molecular flexibility index (Phi) is 7.53. The molecule has 0 unspecified atom stereocenters. The number of benzodiazepines with no additional fused rings is 1. The van der Waals surface area contributed by atoms with Crippen molar-refractivity contribution in [3.63, 3.8) is 0 Å². The van der Waals surface area contributed by atoms with Crippen molar-refractivity contribution in [3.05, 3.63) is 65.7 Å². The molecular formula is C23H27N3O3. The van der Waals surface area contributed by atoms with Gasteiger partial charge < -0.3 is 4.90 Å². The molecule has 0 spiro atoms. The van der Waals surface area contributed by atoms with Crippen LogP contribution >= 0.6 is 0 Å². The summed E-state index contributed by atoms with van der Waals surface area (Å²) in [5.74, 6) is -0.325. The molecule has 0 saturated carbocycles. The van der Waals surface area contributed by atoms with E-state index in [0.29, 0.717) is 13.0 Å². The molecular weight excluding hydrogens is 366 g/mol. The van der Waals surface area contributed by atoms with Gasteiger partial charge in [-0.2, -0.15) is 0 Å². The Balaban J connectivity index is 1.62. The molecule has 1 aliphatic rings. The van der Waals surface area contributed by atoms with Crippen LogP contribution in [0.3, 0.4) is 0 Å². The van der Waals surface area contributed by atoms with Crippen LogP contribution in [0, 0.1) is 0 Å². The number of nitrogens with zero attached hydrogens (tertiary/aromatic N) is 2. The maximum Gasteiger partial charge on any atom is 0.248 e. The Morgan fingerprint density at radius 1 is 0.966 bits per heavy atom. The Morgan fingerprint density at radius 3 is 2.45 bits per heavy atom. The van der Waals surface area contributed by atoms with Gasteiger partial charge in [0.25, 0.3) is 0 Å². The van der Waals surface area contributed by atoms with Gasteiger partial charge in [-0.15, -0.1) is 0 Å². The van der Waals surface area contributed by atoms with Crippen LogP contribution in [0.15, 0.2) is 59.6 Å². The average Bonchev–Trinajstić information content (AvgIpc) is 2.90. The predicted molar refractivity (Wildman–Crippen MR) is 113 cm³/mol. The third-order valence-corrected chi connectivity index (χ3v) is 5.08. The number of unbranched alkanes of at least 4 members (excludes halogenated alkanes) is 4. The van der Waals surface area contributed by atoms with Gasteiger partial charge in [-0.25, -0.2) is 5.48 Å². The summed E-state index contributed by atoms with van der Waals surface area (Å²) < 4.78 is 0. The number of nitrogens with one attached hydrogen (secondary N) is 1. The molecule has 2 amide bonds. The highest BCUT2D eigenvalue weighted by Crippen LogP contribution is 2.27. The molecule has 2 aromatic carbocycles. The molecule has 2 aromatic rings. The summed E-state index contributed by atoms with van der Waals surface area (Å²) in [7, 11) is 0. The van der Waals surface area contributed by atoms with E-state index in [2.05, 4.69) is 4.99 Å². The minimum absolute atomic E-state index is 0.0167. The van der Waals surface area contributed by atoms with E-state index >= 15 is 0 Å². The van der Waals surface area contributed by atoms with E-state index in [-0.39, 0.29) is 18.4 Å². The fourth-order valence-electron chi connectivity index (χ4n) is 3.59. The minimum atomic E-state index is -0.342. The molecule has 3 rings (SSSR count). The number of aliphatic imine (C=N–C) groups is 1. The molecule has 0 atom stereocenters. The number of anilines is 1. The second-order valence-corrected chi connectivity index (χ2v) is 7.15. The van der Waals surface area contributed by atoms with Gasteiger partial charge in [0.15, 0.2) is 0 Å². The van der Waals surface area contributed by atoms with Gasteiger partial charge in [-0.1, -0.05) is 67.8 Å². The number of hydrogen-bond donors (Lipinski definition) is 2. The number of rotatable bonds is 9. The molecule has 0 bridgehead atoms. The van der Waals surface area contributed by atoms with Crippen LogP contribution in [0.1, 0.15) is 49.7 Å². The first-order valence-corrected chi connectivity index (χ1v) is 10.1. The fraction of sp³-hybridized carbons (Fsp3) is 0.348. The number of hydrogen-bond acceptors (Lipinski definition) is 4. The Bertz CT molecular complexity index is 865. The van der Waals surface area contributed by atoms with Crippen LogP contribution in [-0.4, -0.2) is 35.8 Å². The molecule has 0 aromatic heterocycles. The number of fused-ring (bicyclic) bond motifs is 1. The van der Waals surface area contributed by atoms with E-state index in [9.17, 15) is 9.59 Å². The van der Waals surface area contributed by atoms with Crippen molar-refractivity contribution in [1.82, 2.24) is 5.48 Å². The monoisotopic (exact) mass is 393 g/mol. The van der Waals surface area contributed by atoms with Crippen LogP contribution < -0.4 is 10.4 Å². The first-order chi connectivity index (χ1) is 14.2. The maximum atomic E-state index is 12.8. The molecule has 0 fully saturated rings. The van der Waals surface area contributed by atoms with Crippen LogP contribution in [0.4, 0.5) is 5.69 Å². The van der Waals surface area contributed by atoms with Crippen LogP contribution in [0.25, 0.3) is 0 Å². The lowest BCUT2D eigenvalue weighted by atomic mass is 10.00. The molecule has 1 heterocycles. The molecule has 6 heteroatoms. The maximum absolute atomic E-state index is 12.8. The topological polar surface area (TPSA) is 82.0 Å². The second kappa shape index (κ2) is 10.5. The fourth-order valence-corrected chi connectivity index (χ4v) is 3.59. The number of para-hydroxylation sites is 1. The Labute approximate surface area is 171 Å². The highest BCUT2D eigenvalue weighted by Gasteiger charge is 2.24. The van der Waals surface area contributed by atoms with Crippen molar-refractivity contribution < 1.29 is 14.8 Å². The summed E-state index contributed by atoms with van der Waals surface area (Å²) in [6, 6.07) is 17.9. The predicted octanol–water partition coefficient (Wildman–Crippen LogP) is 3.72. The van der Waals surface area contributed by atoms with Gasteiger partial charge in [0, 0.05) is 24.1 Å². The van der Waals surface area contributed by atoms with Crippen molar-refractivity contribution in [3.8, 4) is 0 Å². The molecule has 0 aliphatic carbocycles. The summed E-state index contributed by atoms with van der Waals surface area (Å²) in [4.78, 5) is 30.3. The Hall–Kier alpha value is -2.99. The third kappa shape index (κ3) is 5.51. The Morgan fingerprint density at radius 2 is 1.66 bits per heavy atom. The van der Waals surface area contributed by atoms with E-state index in [1.165, 1.54) is 0 Å². The zero-order chi connectivity index (χ0) is 20.5. The first-order valence-electron chi connectivity index (χ1n) is 10.1. The van der Waals surface area contributed by atoms with Crippen molar-refractivity contribution in [1.29, 1.82) is 0 Å². The lowest BCUT2D eigenvalue weighted by Gasteiger charge is -2.23. The van der Waals surface area contributed by atoms with Gasteiger partial charge in [-0.05, 0) is 18.9 Å². The highest BCUT2D eigenvalue weighted by atomic mass is 16.5. The smallest absolute Gasteiger partial charge is 0.248 e. The van der Waals surface area contributed by atoms with Gasteiger partial charge >= 0.3 is 0 Å². The van der Waals surface area contributed by atoms with Crippen LogP contribution in [-0.2, 0) is 9.59 Å². The van der Waals surface area contributed by atoms with Gasteiger partial charge in [-0.3, -0.25) is 19.8 Å². The molecule has 29 heavy (non-hydrogen) atoms. The minimum Gasteiger partial charge on any atom is -0.310 e. The van der Waals surface area contributed by atoms with Crippen molar-refractivity contribution in [2.24, 2.45) is 4.99 Å². The number of hydroxylamine groups is 1. The largest absolute Gasteiger partial charge is 0.310 e. The third-order valence-electron chi connectivity index (χ3n) is 5.08. The van der Waals surface area contributed by atoms with E-state index in [1.807, 2.05) is 59.5 Å². The SMILES string of the molecule is O=C(CCCCCCCN1C(=O)CN=C(c2ccccc2)c2ccccc21)NO. The summed E-state index contributed by atoms with van der Waals surface area (Å²) in [6.45, 7) is 0.805. The lowest BCUT2D eigenvalue weighted by molar-refractivity contribution is -0.129. The summed E-state index contributed by atoms with van der Waals surface area (Å²) >= 11 is 0. The number of benzene rings is 2. The average molecular weight is 393 g/mol. The zero-order valence-corrected chi connectivity index (χ0v) is 16.5. The molecule has 2 N–H and O–H groups in total. The summed E-state index contributed by atoms with van der Waals surface area (Å²) in [6.07, 6.45) is 4.90. The van der Waals surface area contributed by atoms with Crippen molar-refractivity contribution >= 4 is 23.2 Å². The normalized spacial score (nSPS) is 13.5. The highest BCUT2D eigenvalue weighted by molar-refractivity contribution is 6.19. The number of carbonyl (C=O) groups excluding carboxylic acids is 2. The van der Waals surface area contributed by atoms with Crippen molar-refractivity contribution in [2.45, 2.75) is 38.5 Å². The molecule has 1 aliphatic heterocycles. The second-order valence-electron chi connectivity index (χ2n) is 7.15. The van der Waals surface area contributed by atoms with Gasteiger partial charge in [0.1, 0.15) is 6.54 Å². The molecule has 0 saturated heterocycles. The van der Waals surface area contributed by atoms with E-state index in [0.717, 1.165) is 54.6 Å². The molecule has 0 radical (unpaired) electrons. The van der Waals surface area contributed by atoms with Gasteiger partial charge in [0.2, 0.25) is 11.8 Å². The van der Waals surface area contributed by atoms with Crippen LogP contribution in [0.2, 0.25) is 0 Å². The number of carbonyl (C=O) groups is 2. The zero-order valence-electron chi connectivity index (χ0n) is 16.5. The molecule has 152 valence electrons. The summed E-state index contributed by atoms with van der Waals surface area (Å²) in [5, 5.41) is 8.49. The first kappa shape index (κ1) is 20.7. The quantitative estimate of drug-likeness (QED) is 0.387. The number of amides is 2. The van der Waals surface area contributed by atoms with Gasteiger partial charge in [0.05, 0.1) is 11.4 Å². The standard InChI is InChI=1S/C23H27N3O3/c27-21(25-29)15-7-2-1-3-10-16-26-20-14-9-8-13-19(20)23(24-17-22(26)28)18-11-5-4-6-12-18/h4-6,8-9,11-14,29H,1-3,7,10,15-17H2,(H,25,27). The van der Waals surface area contributed by atoms with Crippen LogP contribution in [0.5, 0.6) is 0 Å². The van der Waals surface area contributed by atoms with Crippen molar-refractivity contribution in [2.75, 3.05) is 18.0 Å². The van der Waals surface area contributed by atoms with E-state index in [1.54, 1.807) is 5.48 Å². The van der Waals surface area contributed by atoms with E-state index < -0.39 is 0 Å². The summed E-state index contributed by atoms with van der Waals surface area (Å²) in [5.41, 5.74) is 5.43.